The first-order valence-corrected chi connectivity index (χ1v) is 6.05. The van der Waals surface area contributed by atoms with Crippen molar-refractivity contribution in [2.75, 3.05) is 5.73 Å². The van der Waals surface area contributed by atoms with Crippen LogP contribution in [0.25, 0.3) is 0 Å². The second-order valence-electron chi connectivity index (χ2n) is 3.18. The molecule has 0 spiro atoms. The number of anilines is 1. The van der Waals surface area contributed by atoms with Gasteiger partial charge in [0.2, 0.25) is 0 Å². The number of halogens is 1. The van der Waals surface area contributed by atoms with Crippen LogP contribution in [0.15, 0.2) is 41.8 Å². The molecule has 16 heavy (non-hydrogen) atoms. The topological polar surface area (TPSA) is 51.8 Å². The lowest BCUT2D eigenvalue weighted by Crippen LogP contribution is -1.92. The van der Waals surface area contributed by atoms with Crippen LogP contribution in [0.1, 0.15) is 5.56 Å². The third-order valence-electron chi connectivity index (χ3n) is 2.02. The van der Waals surface area contributed by atoms with Crippen molar-refractivity contribution in [3.05, 3.63) is 47.4 Å². The van der Waals surface area contributed by atoms with Crippen LogP contribution in [0.3, 0.4) is 0 Å². The molecule has 0 aliphatic carbocycles. The van der Waals surface area contributed by atoms with Crippen molar-refractivity contribution in [1.82, 2.24) is 9.97 Å². The number of nitrogens with two attached hydrogens (primary N) is 1. The van der Waals surface area contributed by atoms with Gasteiger partial charge >= 0.3 is 0 Å². The molecule has 0 aliphatic heterocycles. The van der Waals surface area contributed by atoms with Crippen LogP contribution in [0.5, 0.6) is 0 Å². The van der Waals surface area contributed by atoms with E-state index < -0.39 is 0 Å². The van der Waals surface area contributed by atoms with Crippen molar-refractivity contribution in [3.8, 4) is 0 Å². The summed E-state index contributed by atoms with van der Waals surface area (Å²) in [4.78, 5) is 8.17. The normalized spacial score (nSPS) is 10.3. The highest BCUT2D eigenvalue weighted by Crippen LogP contribution is 2.25. The molecule has 0 saturated heterocycles. The zero-order chi connectivity index (χ0) is 11.4. The first-order chi connectivity index (χ1) is 7.75. The minimum atomic E-state index is 0.698. The lowest BCUT2D eigenvalue weighted by Gasteiger charge is -2.05. The summed E-state index contributed by atoms with van der Waals surface area (Å²) in [6.45, 7) is 0. The van der Waals surface area contributed by atoms with Gasteiger partial charge in [0.15, 0.2) is 0 Å². The Morgan fingerprint density at radius 1 is 1.31 bits per heavy atom. The van der Waals surface area contributed by atoms with Crippen molar-refractivity contribution in [2.24, 2.45) is 0 Å². The molecular weight excluding hydrogens is 242 g/mol. The Kier molecular flexibility index (Phi) is 3.64. The van der Waals surface area contributed by atoms with Gasteiger partial charge in [-0.1, -0.05) is 11.6 Å². The number of thioether (sulfide) groups is 1. The van der Waals surface area contributed by atoms with Crippen molar-refractivity contribution < 1.29 is 0 Å². The molecule has 0 aliphatic rings. The Bertz CT molecular complexity index is 476. The fourth-order valence-electron chi connectivity index (χ4n) is 1.21. The average Bonchev–Trinajstić information content (AvgIpc) is 2.32. The zero-order valence-corrected chi connectivity index (χ0v) is 10.0. The number of rotatable bonds is 3. The Labute approximate surface area is 103 Å². The van der Waals surface area contributed by atoms with E-state index >= 15 is 0 Å². The standard InChI is InChI=1S/C11H10ClN3S/c12-9-1-2-10(13)8(5-9)7-16-11-6-14-3-4-15-11/h1-6H,7,13H2. The predicted octanol–water partition coefficient (Wildman–Crippen LogP) is 3.00. The van der Waals surface area contributed by atoms with Crippen LogP contribution in [-0.2, 0) is 5.75 Å². The minimum Gasteiger partial charge on any atom is -0.398 e. The maximum atomic E-state index is 5.91. The van der Waals surface area contributed by atoms with Crippen molar-refractivity contribution in [2.45, 2.75) is 10.8 Å². The monoisotopic (exact) mass is 251 g/mol. The number of aromatic nitrogens is 2. The molecular formula is C11H10ClN3S. The van der Waals surface area contributed by atoms with E-state index in [1.54, 1.807) is 36.4 Å². The SMILES string of the molecule is Nc1ccc(Cl)cc1CSc1cnccn1. The summed E-state index contributed by atoms with van der Waals surface area (Å²) in [5, 5.41) is 1.57. The molecule has 0 amide bonds. The third kappa shape index (κ3) is 2.87. The molecule has 0 radical (unpaired) electrons. The highest BCUT2D eigenvalue weighted by molar-refractivity contribution is 7.98. The van der Waals surface area contributed by atoms with E-state index in [2.05, 4.69) is 9.97 Å². The van der Waals surface area contributed by atoms with Crippen LogP contribution in [0, 0.1) is 0 Å². The van der Waals surface area contributed by atoms with Crippen molar-refractivity contribution >= 4 is 29.1 Å². The van der Waals surface area contributed by atoms with Crippen molar-refractivity contribution in [3.63, 3.8) is 0 Å². The molecule has 1 aromatic heterocycles. The average molecular weight is 252 g/mol. The maximum Gasteiger partial charge on any atom is 0.115 e. The smallest absolute Gasteiger partial charge is 0.115 e. The molecule has 82 valence electrons. The van der Waals surface area contributed by atoms with E-state index in [9.17, 15) is 0 Å². The molecule has 0 bridgehead atoms. The van der Waals surface area contributed by atoms with E-state index in [-0.39, 0.29) is 0 Å². The number of nitrogen functional groups attached to an aromatic ring is 1. The van der Waals surface area contributed by atoms with Gasteiger partial charge in [-0.2, -0.15) is 0 Å². The van der Waals surface area contributed by atoms with E-state index in [4.69, 9.17) is 17.3 Å². The van der Waals surface area contributed by atoms with Crippen LogP contribution >= 0.6 is 23.4 Å². The third-order valence-corrected chi connectivity index (χ3v) is 3.22. The van der Waals surface area contributed by atoms with Gasteiger partial charge in [-0.3, -0.25) is 4.98 Å². The Balaban J connectivity index is 2.08. The minimum absolute atomic E-state index is 0.698. The van der Waals surface area contributed by atoms with Gasteiger partial charge in [-0.05, 0) is 23.8 Å². The second-order valence-corrected chi connectivity index (χ2v) is 4.61. The van der Waals surface area contributed by atoms with Crippen LogP contribution in [0.2, 0.25) is 5.02 Å². The number of nitrogens with zero attached hydrogens (tertiary/aromatic N) is 2. The lowest BCUT2D eigenvalue weighted by molar-refractivity contribution is 1.05. The second kappa shape index (κ2) is 5.18. The van der Waals surface area contributed by atoms with Gasteiger partial charge in [-0.25, -0.2) is 4.98 Å². The van der Waals surface area contributed by atoms with Gasteiger partial charge in [0.05, 0.1) is 6.20 Å². The van der Waals surface area contributed by atoms with Crippen LogP contribution in [-0.4, -0.2) is 9.97 Å². The molecule has 2 rings (SSSR count). The fourth-order valence-corrected chi connectivity index (χ4v) is 2.23. The van der Waals surface area contributed by atoms with Gasteiger partial charge in [-0.15, -0.1) is 11.8 Å². The molecule has 1 aromatic carbocycles. The molecule has 0 atom stereocenters. The molecule has 5 heteroatoms. The molecule has 3 nitrogen and oxygen atoms in total. The Hall–Kier alpha value is -1.26. The summed E-state index contributed by atoms with van der Waals surface area (Å²) in [6.07, 6.45) is 5.05. The van der Waals surface area contributed by atoms with Crippen molar-refractivity contribution in [1.29, 1.82) is 0 Å². The number of benzene rings is 1. The lowest BCUT2D eigenvalue weighted by atomic mass is 10.2. The highest BCUT2D eigenvalue weighted by Gasteiger charge is 2.02. The van der Waals surface area contributed by atoms with E-state index in [0.717, 1.165) is 22.0 Å². The first-order valence-electron chi connectivity index (χ1n) is 4.68. The summed E-state index contributed by atoms with van der Waals surface area (Å²) >= 11 is 7.49. The van der Waals surface area contributed by atoms with E-state index in [1.807, 2.05) is 12.1 Å². The summed E-state index contributed by atoms with van der Waals surface area (Å²) in [5.41, 5.74) is 7.61. The van der Waals surface area contributed by atoms with Gasteiger partial charge in [0.25, 0.3) is 0 Å². The maximum absolute atomic E-state index is 5.91. The molecule has 1 heterocycles. The highest BCUT2D eigenvalue weighted by atomic mass is 35.5. The van der Waals surface area contributed by atoms with Crippen LogP contribution < -0.4 is 5.73 Å². The summed E-state index contributed by atoms with van der Waals surface area (Å²) in [6, 6.07) is 5.47. The molecule has 2 N–H and O–H groups in total. The van der Waals surface area contributed by atoms with Gasteiger partial charge < -0.3 is 5.73 Å². The predicted molar refractivity (Wildman–Crippen MR) is 67.5 cm³/mol. The molecule has 0 saturated carbocycles. The Morgan fingerprint density at radius 2 is 2.19 bits per heavy atom. The zero-order valence-electron chi connectivity index (χ0n) is 8.43. The molecule has 2 aromatic rings. The number of hydrogen-bond donors (Lipinski definition) is 1. The largest absolute Gasteiger partial charge is 0.398 e. The molecule has 0 fully saturated rings. The molecule has 0 unspecified atom stereocenters. The Morgan fingerprint density at radius 3 is 2.94 bits per heavy atom. The van der Waals surface area contributed by atoms with Crippen LogP contribution in [0.4, 0.5) is 5.69 Å². The van der Waals surface area contributed by atoms with E-state index in [0.29, 0.717) is 5.02 Å². The summed E-state index contributed by atoms with van der Waals surface area (Å²) < 4.78 is 0. The fraction of sp³-hybridized carbons (Fsp3) is 0.0909. The summed E-state index contributed by atoms with van der Waals surface area (Å²) in [7, 11) is 0. The quantitative estimate of drug-likeness (QED) is 0.673. The van der Waals surface area contributed by atoms with E-state index in [1.165, 1.54) is 0 Å². The van der Waals surface area contributed by atoms with Gasteiger partial charge in [0.1, 0.15) is 5.03 Å². The van der Waals surface area contributed by atoms with Gasteiger partial charge in [0, 0.05) is 28.9 Å². The summed E-state index contributed by atoms with van der Waals surface area (Å²) in [5.74, 6) is 0.741. The first kappa shape index (κ1) is 11.2. The number of hydrogen-bond acceptors (Lipinski definition) is 4.